The van der Waals surface area contributed by atoms with Crippen LogP contribution in [0.4, 0.5) is 0 Å². The topological polar surface area (TPSA) is 68.7 Å². The molecule has 100 valence electrons. The molecule has 1 atom stereocenters. The Morgan fingerprint density at radius 1 is 1.37 bits per heavy atom. The molecule has 0 radical (unpaired) electrons. The molecule has 1 N–H and O–H groups in total. The van der Waals surface area contributed by atoms with Crippen LogP contribution in [0.25, 0.3) is 10.9 Å². The summed E-state index contributed by atoms with van der Waals surface area (Å²) in [6.07, 6.45) is 1.27. The van der Waals surface area contributed by atoms with Crippen LogP contribution in [0.5, 0.6) is 0 Å². The van der Waals surface area contributed by atoms with Gasteiger partial charge >= 0.3 is 5.97 Å². The second-order valence-electron chi connectivity index (χ2n) is 4.12. The highest BCUT2D eigenvalue weighted by atomic mass is 16.5. The summed E-state index contributed by atoms with van der Waals surface area (Å²) in [6, 6.07) is 6.94. The molecule has 0 unspecified atom stereocenters. The number of nitrogens with zero attached hydrogens (tertiary/aromatic N) is 1. The summed E-state index contributed by atoms with van der Waals surface area (Å²) in [5.74, 6) is -0.967. The van der Waals surface area contributed by atoms with Crippen molar-refractivity contribution in [3.8, 4) is 0 Å². The first-order valence-corrected chi connectivity index (χ1v) is 5.81. The zero-order chi connectivity index (χ0) is 13.8. The monoisotopic (exact) mass is 261 g/mol. The average Bonchev–Trinajstić information content (AvgIpc) is 2.43. The number of methoxy groups -OCH3 is 2. The Balaban J connectivity index is 2.54. The molecule has 2 aromatic rings. The van der Waals surface area contributed by atoms with Crippen molar-refractivity contribution in [3.05, 3.63) is 41.6 Å². The van der Waals surface area contributed by atoms with Crippen molar-refractivity contribution in [2.45, 2.75) is 6.10 Å². The predicted octanol–water partition coefficient (Wildman–Crippen LogP) is 2.27. The van der Waals surface area contributed by atoms with E-state index in [1.165, 1.54) is 12.3 Å². The van der Waals surface area contributed by atoms with Crippen molar-refractivity contribution < 1.29 is 19.4 Å². The van der Waals surface area contributed by atoms with Gasteiger partial charge in [0.05, 0.1) is 17.7 Å². The standard InChI is InChI=1S/C14H15NO4/c1-18-8-13(19-2)9-3-4-12-11(7-9)10(14(16)17)5-6-15-12/h3-7,13H,8H2,1-2H3,(H,16,17)/t13-/m1/s1. The van der Waals surface area contributed by atoms with Gasteiger partial charge in [-0.25, -0.2) is 4.79 Å². The molecule has 19 heavy (non-hydrogen) atoms. The van der Waals surface area contributed by atoms with E-state index in [4.69, 9.17) is 9.47 Å². The molecule has 2 rings (SSSR count). The van der Waals surface area contributed by atoms with Crippen LogP contribution in [0.3, 0.4) is 0 Å². The summed E-state index contributed by atoms with van der Waals surface area (Å²) in [5, 5.41) is 9.79. The lowest BCUT2D eigenvalue weighted by molar-refractivity contribution is 0.0275. The Kier molecular flexibility index (Phi) is 4.09. The van der Waals surface area contributed by atoms with Gasteiger partial charge in [0, 0.05) is 25.8 Å². The fourth-order valence-corrected chi connectivity index (χ4v) is 2.00. The molecule has 0 aliphatic rings. The van der Waals surface area contributed by atoms with Crippen molar-refractivity contribution in [3.63, 3.8) is 0 Å². The van der Waals surface area contributed by atoms with Gasteiger partial charge in [-0.15, -0.1) is 0 Å². The molecule has 0 fully saturated rings. The van der Waals surface area contributed by atoms with Gasteiger partial charge < -0.3 is 14.6 Å². The van der Waals surface area contributed by atoms with E-state index >= 15 is 0 Å². The number of aromatic nitrogens is 1. The summed E-state index contributed by atoms with van der Waals surface area (Å²) in [5.41, 5.74) is 1.75. The van der Waals surface area contributed by atoms with Crippen molar-refractivity contribution in [1.82, 2.24) is 4.98 Å². The molecule has 0 saturated heterocycles. The number of carbonyl (C=O) groups is 1. The molecule has 1 heterocycles. The van der Waals surface area contributed by atoms with Gasteiger partial charge in [0.1, 0.15) is 6.10 Å². The van der Waals surface area contributed by atoms with Gasteiger partial charge in [-0.2, -0.15) is 0 Å². The summed E-state index contributed by atoms with van der Waals surface area (Å²) >= 11 is 0. The zero-order valence-electron chi connectivity index (χ0n) is 10.8. The first kappa shape index (κ1) is 13.5. The van der Waals surface area contributed by atoms with Crippen LogP contribution in [0.15, 0.2) is 30.5 Å². The lowest BCUT2D eigenvalue weighted by atomic mass is 10.0. The number of benzene rings is 1. The molecule has 0 spiro atoms. The highest BCUT2D eigenvalue weighted by molar-refractivity contribution is 6.02. The molecule has 1 aromatic carbocycles. The number of rotatable bonds is 5. The average molecular weight is 261 g/mol. The number of hydrogen-bond acceptors (Lipinski definition) is 4. The number of carboxylic acid groups (broad SMARTS) is 1. The number of ether oxygens (including phenoxy) is 2. The minimum absolute atomic E-state index is 0.226. The molecular formula is C14H15NO4. The van der Waals surface area contributed by atoms with Crippen molar-refractivity contribution >= 4 is 16.9 Å². The molecule has 5 heteroatoms. The fraction of sp³-hybridized carbons (Fsp3) is 0.286. The molecular weight excluding hydrogens is 246 g/mol. The van der Waals surface area contributed by atoms with Gasteiger partial charge in [-0.05, 0) is 23.8 Å². The second kappa shape index (κ2) is 5.77. The number of aromatic carboxylic acids is 1. The Morgan fingerprint density at radius 3 is 2.79 bits per heavy atom. The minimum Gasteiger partial charge on any atom is -0.478 e. The van der Waals surface area contributed by atoms with Crippen LogP contribution in [-0.4, -0.2) is 36.9 Å². The molecule has 0 bridgehead atoms. The van der Waals surface area contributed by atoms with E-state index in [0.29, 0.717) is 17.5 Å². The van der Waals surface area contributed by atoms with Crippen LogP contribution in [0, 0.1) is 0 Å². The van der Waals surface area contributed by atoms with E-state index in [0.717, 1.165) is 5.56 Å². The van der Waals surface area contributed by atoms with Gasteiger partial charge in [0.2, 0.25) is 0 Å². The fourth-order valence-electron chi connectivity index (χ4n) is 2.00. The van der Waals surface area contributed by atoms with Crippen LogP contribution < -0.4 is 0 Å². The lowest BCUT2D eigenvalue weighted by Gasteiger charge is -2.15. The Labute approximate surface area is 110 Å². The Hall–Kier alpha value is -1.98. The summed E-state index contributed by atoms with van der Waals surface area (Å²) in [6.45, 7) is 0.407. The number of fused-ring (bicyclic) bond motifs is 1. The molecule has 0 aliphatic carbocycles. The van der Waals surface area contributed by atoms with E-state index in [9.17, 15) is 9.90 Å². The van der Waals surface area contributed by atoms with Crippen LogP contribution in [-0.2, 0) is 9.47 Å². The van der Waals surface area contributed by atoms with Crippen molar-refractivity contribution in [2.75, 3.05) is 20.8 Å². The number of pyridine rings is 1. The molecule has 5 nitrogen and oxygen atoms in total. The van der Waals surface area contributed by atoms with Crippen molar-refractivity contribution in [2.24, 2.45) is 0 Å². The number of hydrogen-bond donors (Lipinski definition) is 1. The Bertz CT molecular complexity index is 597. The smallest absolute Gasteiger partial charge is 0.336 e. The minimum atomic E-state index is -0.967. The van der Waals surface area contributed by atoms with Gasteiger partial charge in [-0.1, -0.05) is 6.07 Å². The van der Waals surface area contributed by atoms with E-state index < -0.39 is 5.97 Å². The third kappa shape index (κ3) is 2.72. The second-order valence-corrected chi connectivity index (χ2v) is 4.12. The largest absolute Gasteiger partial charge is 0.478 e. The van der Waals surface area contributed by atoms with Crippen LogP contribution >= 0.6 is 0 Å². The third-order valence-corrected chi connectivity index (χ3v) is 2.97. The zero-order valence-corrected chi connectivity index (χ0v) is 10.8. The quantitative estimate of drug-likeness (QED) is 0.894. The summed E-state index contributed by atoms with van der Waals surface area (Å²) < 4.78 is 10.4. The first-order chi connectivity index (χ1) is 9.17. The Morgan fingerprint density at radius 2 is 2.16 bits per heavy atom. The summed E-state index contributed by atoms with van der Waals surface area (Å²) in [4.78, 5) is 15.4. The summed E-state index contributed by atoms with van der Waals surface area (Å²) in [7, 11) is 3.19. The lowest BCUT2D eigenvalue weighted by Crippen LogP contribution is -2.09. The van der Waals surface area contributed by atoms with Gasteiger partial charge in [0.15, 0.2) is 0 Å². The molecule has 0 aliphatic heterocycles. The predicted molar refractivity (Wildman–Crippen MR) is 70.3 cm³/mol. The van der Waals surface area contributed by atoms with Crippen LogP contribution in [0.1, 0.15) is 22.0 Å². The van der Waals surface area contributed by atoms with E-state index in [-0.39, 0.29) is 11.7 Å². The van der Waals surface area contributed by atoms with E-state index in [1.807, 2.05) is 6.07 Å². The maximum atomic E-state index is 11.2. The van der Waals surface area contributed by atoms with Gasteiger partial charge in [0.25, 0.3) is 0 Å². The molecule has 0 amide bonds. The maximum absolute atomic E-state index is 11.2. The number of carboxylic acids is 1. The first-order valence-electron chi connectivity index (χ1n) is 5.81. The maximum Gasteiger partial charge on any atom is 0.336 e. The highest BCUT2D eigenvalue weighted by Crippen LogP contribution is 2.24. The molecule has 0 saturated carbocycles. The van der Waals surface area contributed by atoms with Crippen LogP contribution in [0.2, 0.25) is 0 Å². The van der Waals surface area contributed by atoms with Gasteiger partial charge in [-0.3, -0.25) is 4.98 Å². The highest BCUT2D eigenvalue weighted by Gasteiger charge is 2.14. The van der Waals surface area contributed by atoms with E-state index in [2.05, 4.69) is 4.98 Å². The third-order valence-electron chi connectivity index (χ3n) is 2.97. The SMILES string of the molecule is COC[C@@H](OC)c1ccc2nccc(C(=O)O)c2c1. The van der Waals surface area contributed by atoms with Crippen molar-refractivity contribution in [1.29, 1.82) is 0 Å². The molecule has 1 aromatic heterocycles. The normalized spacial score (nSPS) is 12.5. The van der Waals surface area contributed by atoms with E-state index in [1.54, 1.807) is 26.4 Å².